The third-order valence-corrected chi connectivity index (χ3v) is 3.25. The molecule has 0 saturated heterocycles. The van der Waals surface area contributed by atoms with Gasteiger partial charge in [-0.05, 0) is 23.4 Å². The molecule has 0 radical (unpaired) electrons. The summed E-state index contributed by atoms with van der Waals surface area (Å²) in [7, 11) is 1.68. The highest BCUT2D eigenvalue weighted by Crippen LogP contribution is 2.29. The van der Waals surface area contributed by atoms with Crippen LogP contribution in [0.1, 0.15) is 18.9 Å². The average molecular weight is 230 g/mol. The second-order valence-electron chi connectivity index (χ2n) is 4.35. The van der Waals surface area contributed by atoms with Crippen LogP contribution in [0.4, 0.5) is 0 Å². The van der Waals surface area contributed by atoms with Gasteiger partial charge in [-0.2, -0.15) is 0 Å². The molecule has 1 aromatic carbocycles. The van der Waals surface area contributed by atoms with Crippen molar-refractivity contribution in [2.75, 3.05) is 13.7 Å². The van der Waals surface area contributed by atoms with E-state index in [9.17, 15) is 0 Å². The van der Waals surface area contributed by atoms with Gasteiger partial charge in [-0.15, -0.1) is 0 Å². The van der Waals surface area contributed by atoms with Gasteiger partial charge in [-0.1, -0.05) is 25.1 Å². The van der Waals surface area contributed by atoms with Gasteiger partial charge in [-0.25, -0.2) is 0 Å². The van der Waals surface area contributed by atoms with E-state index < -0.39 is 5.54 Å². The Morgan fingerprint density at radius 1 is 1.35 bits per heavy atom. The van der Waals surface area contributed by atoms with Crippen LogP contribution in [0.2, 0.25) is 0 Å². The first kappa shape index (κ1) is 12.0. The molecular weight excluding hydrogens is 212 g/mol. The van der Waals surface area contributed by atoms with E-state index in [4.69, 9.17) is 10.5 Å². The molecule has 1 heterocycles. The van der Waals surface area contributed by atoms with Crippen LogP contribution in [-0.2, 0) is 10.3 Å². The van der Waals surface area contributed by atoms with Crippen LogP contribution in [0.25, 0.3) is 10.8 Å². The summed E-state index contributed by atoms with van der Waals surface area (Å²) < 4.78 is 5.26. The van der Waals surface area contributed by atoms with Gasteiger partial charge in [0, 0.05) is 24.9 Å². The van der Waals surface area contributed by atoms with E-state index in [1.807, 2.05) is 18.3 Å². The van der Waals surface area contributed by atoms with Gasteiger partial charge in [0.2, 0.25) is 0 Å². The maximum Gasteiger partial charge on any atom is 0.0684 e. The van der Waals surface area contributed by atoms with Crippen LogP contribution < -0.4 is 5.73 Å². The Kier molecular flexibility index (Phi) is 3.41. The lowest BCUT2D eigenvalue weighted by Gasteiger charge is -2.29. The predicted octanol–water partition coefficient (Wildman–Crippen LogP) is 2.45. The van der Waals surface area contributed by atoms with Crippen molar-refractivity contribution in [3.63, 3.8) is 0 Å². The van der Waals surface area contributed by atoms with Gasteiger partial charge in [0.05, 0.1) is 12.1 Å². The van der Waals surface area contributed by atoms with E-state index in [2.05, 4.69) is 24.0 Å². The number of pyridine rings is 1. The molecule has 0 spiro atoms. The Hall–Kier alpha value is -1.45. The fraction of sp³-hybridized carbons (Fsp3) is 0.357. The second kappa shape index (κ2) is 4.82. The standard InChI is InChI=1S/C14H18N2O/c1-3-14(15,10-17-2)13-6-4-5-11-7-8-16-9-12(11)13/h4-9H,3,10,15H2,1-2H3. The summed E-state index contributed by atoms with van der Waals surface area (Å²) in [5.74, 6) is 0. The van der Waals surface area contributed by atoms with Gasteiger partial charge < -0.3 is 10.5 Å². The molecule has 0 amide bonds. The molecule has 3 nitrogen and oxygen atoms in total. The zero-order valence-electron chi connectivity index (χ0n) is 10.3. The van der Waals surface area contributed by atoms with Crippen molar-refractivity contribution in [1.29, 1.82) is 0 Å². The number of methoxy groups -OCH3 is 1. The van der Waals surface area contributed by atoms with E-state index in [1.165, 1.54) is 0 Å². The van der Waals surface area contributed by atoms with Crippen molar-refractivity contribution in [3.8, 4) is 0 Å². The second-order valence-corrected chi connectivity index (χ2v) is 4.35. The maximum atomic E-state index is 6.44. The molecule has 0 aliphatic carbocycles. The van der Waals surface area contributed by atoms with Crippen molar-refractivity contribution >= 4 is 10.8 Å². The lowest BCUT2D eigenvalue weighted by atomic mass is 9.86. The Morgan fingerprint density at radius 3 is 2.88 bits per heavy atom. The summed E-state index contributed by atoms with van der Waals surface area (Å²) >= 11 is 0. The number of nitrogens with two attached hydrogens (primary N) is 1. The van der Waals surface area contributed by atoms with Crippen LogP contribution >= 0.6 is 0 Å². The monoisotopic (exact) mass is 230 g/mol. The van der Waals surface area contributed by atoms with Crippen LogP contribution in [0, 0.1) is 0 Å². The van der Waals surface area contributed by atoms with Crippen molar-refractivity contribution in [2.45, 2.75) is 18.9 Å². The number of benzene rings is 1. The molecule has 1 atom stereocenters. The van der Waals surface area contributed by atoms with Crippen LogP contribution in [0.15, 0.2) is 36.7 Å². The topological polar surface area (TPSA) is 48.1 Å². The third kappa shape index (κ3) is 2.16. The zero-order chi connectivity index (χ0) is 12.3. The summed E-state index contributed by atoms with van der Waals surface area (Å²) in [4.78, 5) is 4.19. The number of fused-ring (bicyclic) bond motifs is 1. The molecule has 2 N–H and O–H groups in total. The first-order valence-electron chi connectivity index (χ1n) is 5.82. The van der Waals surface area contributed by atoms with Gasteiger partial charge in [0.15, 0.2) is 0 Å². The molecule has 2 aromatic rings. The quantitative estimate of drug-likeness (QED) is 0.877. The molecule has 0 aliphatic heterocycles. The fourth-order valence-corrected chi connectivity index (χ4v) is 2.18. The molecule has 90 valence electrons. The molecule has 3 heteroatoms. The molecule has 0 fully saturated rings. The van der Waals surface area contributed by atoms with Crippen LogP contribution in [0.5, 0.6) is 0 Å². The highest BCUT2D eigenvalue weighted by atomic mass is 16.5. The Balaban J connectivity index is 2.61. The maximum absolute atomic E-state index is 6.44. The van der Waals surface area contributed by atoms with Crippen molar-refractivity contribution < 1.29 is 4.74 Å². The third-order valence-electron chi connectivity index (χ3n) is 3.25. The summed E-state index contributed by atoms with van der Waals surface area (Å²) in [6.07, 6.45) is 4.50. The van der Waals surface area contributed by atoms with Crippen LogP contribution in [0.3, 0.4) is 0 Å². The van der Waals surface area contributed by atoms with Gasteiger partial charge >= 0.3 is 0 Å². The van der Waals surface area contributed by atoms with E-state index in [-0.39, 0.29) is 0 Å². The normalized spacial score (nSPS) is 14.8. The number of hydrogen-bond acceptors (Lipinski definition) is 3. The summed E-state index contributed by atoms with van der Waals surface area (Å²) in [5.41, 5.74) is 7.10. The first-order valence-corrected chi connectivity index (χ1v) is 5.82. The number of rotatable bonds is 4. The zero-order valence-corrected chi connectivity index (χ0v) is 10.3. The molecule has 0 saturated carbocycles. The fourth-order valence-electron chi connectivity index (χ4n) is 2.18. The Labute approximate surface area is 102 Å². The first-order chi connectivity index (χ1) is 8.21. The van der Waals surface area contributed by atoms with E-state index >= 15 is 0 Å². The largest absolute Gasteiger partial charge is 0.382 e. The number of nitrogens with zero attached hydrogens (tertiary/aromatic N) is 1. The summed E-state index contributed by atoms with van der Waals surface area (Å²) in [5, 5.41) is 2.27. The molecule has 2 rings (SSSR count). The summed E-state index contributed by atoms with van der Waals surface area (Å²) in [6, 6.07) is 8.17. The molecule has 0 aliphatic rings. The minimum atomic E-state index is -0.447. The smallest absolute Gasteiger partial charge is 0.0684 e. The SMILES string of the molecule is CCC(N)(COC)c1cccc2ccncc12. The van der Waals surface area contributed by atoms with E-state index in [1.54, 1.807) is 13.3 Å². The van der Waals surface area contributed by atoms with Crippen molar-refractivity contribution in [3.05, 3.63) is 42.2 Å². The van der Waals surface area contributed by atoms with E-state index in [0.29, 0.717) is 6.61 Å². The van der Waals surface area contributed by atoms with Crippen LogP contribution in [-0.4, -0.2) is 18.7 Å². The van der Waals surface area contributed by atoms with Crippen molar-refractivity contribution in [1.82, 2.24) is 4.98 Å². The van der Waals surface area contributed by atoms with Gasteiger partial charge in [0.1, 0.15) is 0 Å². The highest BCUT2D eigenvalue weighted by Gasteiger charge is 2.26. The van der Waals surface area contributed by atoms with Gasteiger partial charge in [-0.3, -0.25) is 4.98 Å². The lowest BCUT2D eigenvalue weighted by Crippen LogP contribution is -2.40. The number of aromatic nitrogens is 1. The Bertz CT molecular complexity index is 507. The predicted molar refractivity (Wildman–Crippen MR) is 69.8 cm³/mol. The van der Waals surface area contributed by atoms with E-state index in [0.717, 1.165) is 22.8 Å². The van der Waals surface area contributed by atoms with Gasteiger partial charge in [0.25, 0.3) is 0 Å². The Morgan fingerprint density at radius 2 is 2.18 bits per heavy atom. The molecule has 17 heavy (non-hydrogen) atoms. The molecule has 1 aromatic heterocycles. The minimum Gasteiger partial charge on any atom is -0.382 e. The van der Waals surface area contributed by atoms with Crippen molar-refractivity contribution in [2.24, 2.45) is 5.73 Å². The lowest BCUT2D eigenvalue weighted by molar-refractivity contribution is 0.130. The molecule has 0 bridgehead atoms. The minimum absolute atomic E-state index is 0.447. The molecule has 1 unspecified atom stereocenters. The molecular formula is C14H18N2O. The highest BCUT2D eigenvalue weighted by molar-refractivity contribution is 5.85. The average Bonchev–Trinajstić information content (AvgIpc) is 2.38. The number of ether oxygens (including phenoxy) is 1. The summed E-state index contributed by atoms with van der Waals surface area (Å²) in [6.45, 7) is 2.59. The number of hydrogen-bond donors (Lipinski definition) is 1.